The summed E-state index contributed by atoms with van der Waals surface area (Å²) in [5.41, 5.74) is 2.56. The Labute approximate surface area is 113 Å². The Balaban J connectivity index is 2.24. The highest BCUT2D eigenvalue weighted by atomic mass is 16.3. The van der Waals surface area contributed by atoms with E-state index < -0.39 is 0 Å². The fourth-order valence-corrected chi connectivity index (χ4v) is 2.08. The molecule has 0 heterocycles. The average Bonchev–Trinajstić information content (AvgIpc) is 2.41. The molecule has 100 valence electrons. The molecule has 3 nitrogen and oxygen atoms in total. The van der Waals surface area contributed by atoms with Gasteiger partial charge in [-0.15, -0.1) is 0 Å². The number of aromatic hydroxyl groups is 2. The summed E-state index contributed by atoms with van der Waals surface area (Å²) in [6.45, 7) is 3.91. The number of anilines is 1. The highest BCUT2D eigenvalue weighted by Gasteiger charge is 2.13. The van der Waals surface area contributed by atoms with Gasteiger partial charge in [-0.2, -0.15) is 0 Å². The number of rotatable bonds is 4. The summed E-state index contributed by atoms with van der Waals surface area (Å²) in [5, 5.41) is 23.0. The highest BCUT2D eigenvalue weighted by Crippen LogP contribution is 2.30. The van der Waals surface area contributed by atoms with Gasteiger partial charge in [0.25, 0.3) is 0 Å². The second-order valence-electron chi connectivity index (χ2n) is 4.67. The van der Waals surface area contributed by atoms with Crippen molar-refractivity contribution in [1.29, 1.82) is 0 Å². The Kier molecular flexibility index (Phi) is 3.95. The van der Waals surface area contributed by atoms with Crippen LogP contribution < -0.4 is 5.32 Å². The van der Waals surface area contributed by atoms with Crippen LogP contribution in [0.2, 0.25) is 0 Å². The van der Waals surface area contributed by atoms with Crippen molar-refractivity contribution in [2.75, 3.05) is 5.32 Å². The molecule has 1 atom stereocenters. The van der Waals surface area contributed by atoms with Crippen LogP contribution in [0.15, 0.2) is 42.5 Å². The van der Waals surface area contributed by atoms with E-state index >= 15 is 0 Å². The third-order valence-electron chi connectivity index (χ3n) is 3.27. The molecule has 0 saturated heterocycles. The zero-order chi connectivity index (χ0) is 13.8. The van der Waals surface area contributed by atoms with Crippen LogP contribution in [0, 0.1) is 6.92 Å². The van der Waals surface area contributed by atoms with E-state index in [4.69, 9.17) is 0 Å². The minimum absolute atomic E-state index is 0.0170. The van der Waals surface area contributed by atoms with E-state index in [2.05, 4.69) is 12.2 Å². The van der Waals surface area contributed by atoms with E-state index in [1.54, 1.807) is 12.1 Å². The molecule has 2 rings (SSSR count). The smallest absolute Gasteiger partial charge is 0.120 e. The zero-order valence-corrected chi connectivity index (χ0v) is 11.2. The summed E-state index contributed by atoms with van der Waals surface area (Å²) in [4.78, 5) is 0. The van der Waals surface area contributed by atoms with E-state index in [9.17, 15) is 10.2 Å². The highest BCUT2D eigenvalue weighted by molar-refractivity contribution is 5.53. The quantitative estimate of drug-likeness (QED) is 0.776. The molecular formula is C16H19NO2. The van der Waals surface area contributed by atoms with Crippen molar-refractivity contribution in [3.63, 3.8) is 0 Å². The number of phenols is 2. The first-order valence-corrected chi connectivity index (χ1v) is 6.46. The lowest BCUT2D eigenvalue weighted by Crippen LogP contribution is -2.09. The van der Waals surface area contributed by atoms with E-state index in [1.807, 2.05) is 37.3 Å². The Hall–Kier alpha value is -2.16. The summed E-state index contributed by atoms with van der Waals surface area (Å²) < 4.78 is 0. The van der Waals surface area contributed by atoms with Gasteiger partial charge >= 0.3 is 0 Å². The van der Waals surface area contributed by atoms with E-state index in [0.717, 1.165) is 23.2 Å². The Bertz CT molecular complexity index is 566. The summed E-state index contributed by atoms with van der Waals surface area (Å²) in [6, 6.07) is 12.8. The number of benzene rings is 2. The Morgan fingerprint density at radius 2 is 1.79 bits per heavy atom. The van der Waals surface area contributed by atoms with Gasteiger partial charge in [-0.3, -0.25) is 0 Å². The van der Waals surface area contributed by atoms with Crippen molar-refractivity contribution in [3.8, 4) is 11.5 Å². The second-order valence-corrected chi connectivity index (χ2v) is 4.67. The Morgan fingerprint density at radius 1 is 1.05 bits per heavy atom. The maximum atomic E-state index is 9.90. The zero-order valence-electron chi connectivity index (χ0n) is 11.2. The van der Waals surface area contributed by atoms with Crippen molar-refractivity contribution >= 4 is 5.69 Å². The summed E-state index contributed by atoms with van der Waals surface area (Å²) >= 11 is 0. The van der Waals surface area contributed by atoms with Crippen LogP contribution in [-0.2, 0) is 0 Å². The van der Waals surface area contributed by atoms with Crippen LogP contribution >= 0.6 is 0 Å². The normalized spacial score (nSPS) is 12.1. The number of hydrogen-bond donors (Lipinski definition) is 3. The summed E-state index contributed by atoms with van der Waals surface area (Å²) in [6.07, 6.45) is 0.839. The number of para-hydroxylation sites is 1. The third-order valence-corrected chi connectivity index (χ3v) is 3.27. The first-order chi connectivity index (χ1) is 9.11. The van der Waals surface area contributed by atoms with Crippen LogP contribution in [0.25, 0.3) is 0 Å². The molecule has 0 bridgehead atoms. The number of hydrogen-bond acceptors (Lipinski definition) is 3. The fourth-order valence-electron chi connectivity index (χ4n) is 2.08. The summed E-state index contributed by atoms with van der Waals surface area (Å²) in [5.74, 6) is 0.565. The second kappa shape index (κ2) is 5.65. The minimum atomic E-state index is 0.0170. The maximum absolute atomic E-state index is 9.90. The lowest BCUT2D eigenvalue weighted by Gasteiger charge is -2.20. The largest absolute Gasteiger partial charge is 0.508 e. The molecule has 0 aliphatic heterocycles. The number of phenolic OH excluding ortho intramolecular Hbond substituents is 2. The molecule has 3 N–H and O–H groups in total. The molecule has 3 heteroatoms. The first kappa shape index (κ1) is 13.3. The molecule has 0 radical (unpaired) electrons. The first-order valence-electron chi connectivity index (χ1n) is 6.46. The van der Waals surface area contributed by atoms with E-state index in [1.165, 1.54) is 0 Å². The molecular weight excluding hydrogens is 238 g/mol. The van der Waals surface area contributed by atoms with Crippen LogP contribution in [0.4, 0.5) is 5.69 Å². The van der Waals surface area contributed by atoms with Crippen LogP contribution in [-0.4, -0.2) is 10.2 Å². The lowest BCUT2D eigenvalue weighted by molar-refractivity contribution is 0.462. The maximum Gasteiger partial charge on any atom is 0.120 e. The van der Waals surface area contributed by atoms with Crippen LogP contribution in [0.1, 0.15) is 30.5 Å². The lowest BCUT2D eigenvalue weighted by atomic mass is 10.0. The van der Waals surface area contributed by atoms with Crippen LogP contribution in [0.3, 0.4) is 0 Å². The molecule has 2 aromatic rings. The van der Waals surface area contributed by atoms with Gasteiger partial charge in [0, 0.05) is 17.3 Å². The molecule has 0 aromatic heterocycles. The van der Waals surface area contributed by atoms with Gasteiger partial charge in [0.2, 0.25) is 0 Å². The fraction of sp³-hybridized carbons (Fsp3) is 0.250. The molecule has 2 aromatic carbocycles. The van der Waals surface area contributed by atoms with Gasteiger partial charge in [0.05, 0.1) is 6.04 Å². The van der Waals surface area contributed by atoms with Crippen molar-refractivity contribution in [3.05, 3.63) is 53.6 Å². The van der Waals surface area contributed by atoms with Gasteiger partial charge < -0.3 is 15.5 Å². The molecule has 0 aliphatic rings. The predicted octanol–water partition coefficient (Wildman–Crippen LogP) is 3.97. The summed E-state index contributed by atoms with van der Waals surface area (Å²) in [7, 11) is 0. The molecule has 0 spiro atoms. The van der Waals surface area contributed by atoms with Gasteiger partial charge in [-0.05, 0) is 31.0 Å². The van der Waals surface area contributed by atoms with E-state index in [0.29, 0.717) is 0 Å². The standard InChI is InChI=1S/C16H19NO2/c1-3-14(13-6-4-5-7-15(13)18)17-12-9-8-11(2)16(19)10-12/h4-10,14,17-19H,3H2,1-2H3. The number of nitrogens with one attached hydrogen (secondary N) is 1. The monoisotopic (exact) mass is 257 g/mol. The van der Waals surface area contributed by atoms with Gasteiger partial charge in [-0.25, -0.2) is 0 Å². The molecule has 1 unspecified atom stereocenters. The van der Waals surface area contributed by atoms with Crippen molar-refractivity contribution in [1.82, 2.24) is 0 Å². The third kappa shape index (κ3) is 2.99. The van der Waals surface area contributed by atoms with Crippen molar-refractivity contribution in [2.24, 2.45) is 0 Å². The molecule has 0 amide bonds. The molecule has 0 aliphatic carbocycles. The molecule has 0 fully saturated rings. The predicted molar refractivity (Wildman–Crippen MR) is 77.6 cm³/mol. The van der Waals surface area contributed by atoms with Gasteiger partial charge in [-0.1, -0.05) is 31.2 Å². The number of aryl methyl sites for hydroxylation is 1. The SMILES string of the molecule is CCC(Nc1ccc(C)c(O)c1)c1ccccc1O. The van der Waals surface area contributed by atoms with Crippen molar-refractivity contribution < 1.29 is 10.2 Å². The topological polar surface area (TPSA) is 52.5 Å². The van der Waals surface area contributed by atoms with Gasteiger partial charge in [0.1, 0.15) is 11.5 Å². The van der Waals surface area contributed by atoms with Crippen molar-refractivity contribution in [2.45, 2.75) is 26.3 Å². The Morgan fingerprint density at radius 3 is 2.42 bits per heavy atom. The van der Waals surface area contributed by atoms with Crippen LogP contribution in [0.5, 0.6) is 11.5 Å². The minimum Gasteiger partial charge on any atom is -0.508 e. The molecule has 19 heavy (non-hydrogen) atoms. The average molecular weight is 257 g/mol. The molecule has 0 saturated carbocycles. The van der Waals surface area contributed by atoms with Gasteiger partial charge in [0.15, 0.2) is 0 Å². The van der Waals surface area contributed by atoms with E-state index in [-0.39, 0.29) is 17.5 Å².